The van der Waals surface area contributed by atoms with Gasteiger partial charge in [-0.3, -0.25) is 0 Å². The van der Waals surface area contributed by atoms with Crippen LogP contribution < -0.4 is 5.14 Å². The van der Waals surface area contributed by atoms with Crippen LogP contribution in [-0.4, -0.2) is 8.42 Å². The zero-order chi connectivity index (χ0) is 20.0. The number of benzene rings is 2. The number of sulfonamides is 1. The van der Waals surface area contributed by atoms with E-state index in [0.29, 0.717) is 36.5 Å². The Morgan fingerprint density at radius 3 is 2.22 bits per heavy atom. The van der Waals surface area contributed by atoms with Gasteiger partial charge in [-0.2, -0.15) is 13.2 Å². The average molecular weight is 403 g/mol. The van der Waals surface area contributed by atoms with Crippen LogP contribution in [0.2, 0.25) is 0 Å². The van der Waals surface area contributed by atoms with E-state index < -0.39 is 38.3 Å². The molecule has 0 bridgehead atoms. The molecule has 0 radical (unpaired) electrons. The highest BCUT2D eigenvalue weighted by Gasteiger charge is 2.31. The molecule has 3 nitrogen and oxygen atoms in total. The fraction of sp³-hybridized carbons (Fsp3) is 0.222. The number of halogens is 5. The summed E-state index contributed by atoms with van der Waals surface area (Å²) >= 11 is 0. The van der Waals surface area contributed by atoms with Crippen molar-refractivity contribution >= 4 is 21.2 Å². The number of alkyl halides is 3. The second-order valence-corrected chi connectivity index (χ2v) is 7.73. The van der Waals surface area contributed by atoms with Gasteiger partial charge in [-0.25, -0.2) is 22.3 Å². The maximum Gasteiger partial charge on any atom is 0.416 e. The Morgan fingerprint density at radius 1 is 0.926 bits per heavy atom. The monoisotopic (exact) mass is 403 g/mol. The van der Waals surface area contributed by atoms with Crippen molar-refractivity contribution in [3.05, 3.63) is 64.7 Å². The Labute approximate surface area is 152 Å². The summed E-state index contributed by atoms with van der Waals surface area (Å²) in [6.45, 7) is 0. The molecule has 0 aliphatic heterocycles. The SMILES string of the molecule is NS(=O)(=O)c1cc(F)c(C2=C(c3cccc(C(F)(F)F)c3)CCC2)cc1F. The van der Waals surface area contributed by atoms with Crippen molar-refractivity contribution in [1.82, 2.24) is 0 Å². The lowest BCUT2D eigenvalue weighted by Gasteiger charge is -2.13. The number of nitrogens with two attached hydrogens (primary N) is 1. The van der Waals surface area contributed by atoms with E-state index in [2.05, 4.69) is 0 Å². The van der Waals surface area contributed by atoms with Crippen LogP contribution in [0.3, 0.4) is 0 Å². The molecule has 2 N–H and O–H groups in total. The van der Waals surface area contributed by atoms with Crippen LogP contribution in [-0.2, 0) is 16.2 Å². The standard InChI is InChI=1S/C18H14F5NO2S/c19-15-9-17(27(24,25)26)16(20)8-14(15)13-6-2-5-12(13)10-3-1-4-11(7-10)18(21,22)23/h1,3-4,7-9H,2,5-6H2,(H2,24,25,26). The van der Waals surface area contributed by atoms with Crippen LogP contribution in [0.15, 0.2) is 41.3 Å². The molecule has 144 valence electrons. The quantitative estimate of drug-likeness (QED) is 0.754. The minimum absolute atomic E-state index is 0.176. The molecule has 1 aliphatic rings. The summed E-state index contributed by atoms with van der Waals surface area (Å²) in [5.41, 5.74) is 0.0851. The molecule has 0 heterocycles. The lowest BCUT2D eigenvalue weighted by Crippen LogP contribution is -2.15. The van der Waals surface area contributed by atoms with Gasteiger partial charge in [0.1, 0.15) is 16.5 Å². The summed E-state index contributed by atoms with van der Waals surface area (Å²) in [5, 5.41) is 4.85. The van der Waals surface area contributed by atoms with Crippen molar-refractivity contribution in [3.63, 3.8) is 0 Å². The number of allylic oxidation sites excluding steroid dienone is 2. The summed E-state index contributed by atoms with van der Waals surface area (Å²) < 4.78 is 90.1. The van der Waals surface area contributed by atoms with Crippen molar-refractivity contribution in [2.75, 3.05) is 0 Å². The highest BCUT2D eigenvalue weighted by Crippen LogP contribution is 2.42. The van der Waals surface area contributed by atoms with Crippen LogP contribution in [0.1, 0.15) is 36.0 Å². The van der Waals surface area contributed by atoms with Crippen molar-refractivity contribution < 1.29 is 30.4 Å². The molecular formula is C18H14F5NO2S. The maximum absolute atomic E-state index is 14.5. The molecule has 2 aromatic rings. The van der Waals surface area contributed by atoms with E-state index in [0.717, 1.165) is 18.2 Å². The van der Waals surface area contributed by atoms with Crippen LogP contribution in [0.25, 0.3) is 11.1 Å². The van der Waals surface area contributed by atoms with E-state index in [1.54, 1.807) is 0 Å². The molecule has 27 heavy (non-hydrogen) atoms. The molecule has 0 saturated heterocycles. The molecule has 1 aliphatic carbocycles. The summed E-state index contributed by atoms with van der Waals surface area (Å²) in [6.07, 6.45) is -3.24. The Kier molecular flexibility index (Phi) is 4.85. The van der Waals surface area contributed by atoms with Gasteiger partial charge >= 0.3 is 6.18 Å². The first-order valence-electron chi connectivity index (χ1n) is 7.90. The molecule has 3 rings (SSSR count). The van der Waals surface area contributed by atoms with Gasteiger partial charge in [0, 0.05) is 5.56 Å². The fourth-order valence-corrected chi connectivity index (χ4v) is 3.82. The van der Waals surface area contributed by atoms with Crippen molar-refractivity contribution in [1.29, 1.82) is 0 Å². The Balaban J connectivity index is 2.15. The molecule has 0 fully saturated rings. The molecule has 9 heteroatoms. The predicted octanol–water partition coefficient (Wildman–Crippen LogP) is 4.73. The summed E-state index contributed by atoms with van der Waals surface area (Å²) in [4.78, 5) is -0.969. The summed E-state index contributed by atoms with van der Waals surface area (Å²) in [7, 11) is -4.44. The van der Waals surface area contributed by atoms with E-state index in [4.69, 9.17) is 5.14 Å². The molecular weight excluding hydrogens is 389 g/mol. The zero-order valence-electron chi connectivity index (χ0n) is 13.8. The van der Waals surface area contributed by atoms with Gasteiger partial charge in [0.15, 0.2) is 0 Å². The number of hydrogen-bond donors (Lipinski definition) is 1. The van der Waals surface area contributed by atoms with E-state index in [1.165, 1.54) is 12.1 Å². The minimum Gasteiger partial charge on any atom is -0.225 e. The summed E-state index contributed by atoms with van der Waals surface area (Å²) in [6, 6.07) is 5.84. The predicted molar refractivity (Wildman–Crippen MR) is 89.8 cm³/mol. The molecule has 0 spiro atoms. The molecule has 0 unspecified atom stereocenters. The minimum atomic E-state index is -4.52. The molecule has 0 atom stereocenters. The van der Waals surface area contributed by atoms with Gasteiger partial charge in [-0.05, 0) is 60.2 Å². The second-order valence-electron chi connectivity index (χ2n) is 6.20. The summed E-state index contributed by atoms with van der Waals surface area (Å²) in [5.74, 6) is -2.21. The third kappa shape index (κ3) is 3.89. The van der Waals surface area contributed by atoms with Crippen LogP contribution in [0, 0.1) is 11.6 Å². The van der Waals surface area contributed by atoms with E-state index in [-0.39, 0.29) is 11.1 Å². The molecule has 0 aromatic heterocycles. The largest absolute Gasteiger partial charge is 0.416 e. The van der Waals surface area contributed by atoms with E-state index in [1.807, 2.05) is 0 Å². The lowest BCUT2D eigenvalue weighted by molar-refractivity contribution is -0.137. The van der Waals surface area contributed by atoms with Crippen molar-refractivity contribution in [2.24, 2.45) is 5.14 Å². The highest BCUT2D eigenvalue weighted by atomic mass is 32.2. The van der Waals surface area contributed by atoms with Gasteiger partial charge in [-0.15, -0.1) is 0 Å². The van der Waals surface area contributed by atoms with Gasteiger partial charge < -0.3 is 0 Å². The first-order valence-corrected chi connectivity index (χ1v) is 9.45. The van der Waals surface area contributed by atoms with E-state index >= 15 is 0 Å². The number of hydrogen-bond acceptors (Lipinski definition) is 2. The first-order chi connectivity index (χ1) is 12.5. The highest BCUT2D eigenvalue weighted by molar-refractivity contribution is 7.89. The first kappa shape index (κ1) is 19.5. The molecule has 0 amide bonds. The third-order valence-electron chi connectivity index (χ3n) is 4.41. The van der Waals surface area contributed by atoms with Gasteiger partial charge in [-0.1, -0.05) is 12.1 Å². The molecule has 0 saturated carbocycles. The van der Waals surface area contributed by atoms with Gasteiger partial charge in [0.05, 0.1) is 5.56 Å². The topological polar surface area (TPSA) is 60.2 Å². The van der Waals surface area contributed by atoms with E-state index in [9.17, 15) is 30.4 Å². The average Bonchev–Trinajstić information content (AvgIpc) is 3.04. The lowest BCUT2D eigenvalue weighted by atomic mass is 9.95. The Morgan fingerprint density at radius 2 is 1.59 bits per heavy atom. The Hall–Kier alpha value is -2.26. The zero-order valence-corrected chi connectivity index (χ0v) is 14.6. The van der Waals surface area contributed by atoms with Crippen LogP contribution in [0.4, 0.5) is 22.0 Å². The maximum atomic E-state index is 14.5. The number of rotatable bonds is 3. The Bertz CT molecular complexity index is 1040. The smallest absolute Gasteiger partial charge is 0.225 e. The van der Waals surface area contributed by atoms with Crippen molar-refractivity contribution in [3.8, 4) is 0 Å². The third-order valence-corrected chi connectivity index (χ3v) is 5.34. The van der Waals surface area contributed by atoms with Gasteiger partial charge in [0.2, 0.25) is 10.0 Å². The number of primary sulfonamides is 1. The second kappa shape index (κ2) is 6.72. The normalized spacial score (nSPS) is 15.5. The van der Waals surface area contributed by atoms with Gasteiger partial charge in [0.25, 0.3) is 0 Å². The van der Waals surface area contributed by atoms with Crippen LogP contribution in [0.5, 0.6) is 0 Å². The van der Waals surface area contributed by atoms with Crippen LogP contribution >= 0.6 is 0 Å². The van der Waals surface area contributed by atoms with Crippen molar-refractivity contribution in [2.45, 2.75) is 30.3 Å². The molecule has 2 aromatic carbocycles. The fourth-order valence-electron chi connectivity index (χ4n) is 3.22.